The Balaban J connectivity index is 2.08. The van der Waals surface area contributed by atoms with Gasteiger partial charge in [0.25, 0.3) is 5.91 Å². The number of rotatable bonds is 3. The molecule has 0 saturated heterocycles. The molecule has 1 aromatic carbocycles. The standard InChI is InChI=1S/C18H15F3N6O3S/c1-18(8-31(29,30)27(2)17(23)26-18)13-14(20)10(19)5-12(15(13)21)25-16(28)11-4-3-9(6-22)7-24-11/h3-5,7H,8H2,1-2H3,(H2,23,26)(H,25,28)/t18-/m0/s1. The van der Waals surface area contributed by atoms with Gasteiger partial charge in [-0.1, -0.05) is 0 Å². The number of nitriles is 1. The predicted octanol–water partition coefficient (Wildman–Crippen LogP) is 1.43. The van der Waals surface area contributed by atoms with E-state index in [1.807, 2.05) is 0 Å². The maximum absolute atomic E-state index is 15.2. The number of carbonyl (C=O) groups is 1. The Bertz CT molecular complexity index is 1260. The second kappa shape index (κ2) is 7.55. The summed E-state index contributed by atoms with van der Waals surface area (Å²) in [5, 5.41) is 10.8. The highest BCUT2D eigenvalue weighted by atomic mass is 32.2. The SMILES string of the molecule is CN1C(N)=N[C@](C)(c2c(F)c(F)cc(NC(=O)c3ccc(C#N)cn3)c2F)CS1(=O)=O. The lowest BCUT2D eigenvalue weighted by molar-refractivity contribution is 0.102. The van der Waals surface area contributed by atoms with Gasteiger partial charge in [-0.25, -0.2) is 35.9 Å². The summed E-state index contributed by atoms with van der Waals surface area (Å²) in [5.74, 6) is -7.01. The smallest absolute Gasteiger partial charge is 0.274 e. The molecular formula is C18H15F3N6O3S. The van der Waals surface area contributed by atoms with Crippen molar-refractivity contribution < 1.29 is 26.4 Å². The van der Waals surface area contributed by atoms with Crippen LogP contribution in [0, 0.1) is 28.8 Å². The number of nitrogens with two attached hydrogens (primary N) is 1. The van der Waals surface area contributed by atoms with Crippen molar-refractivity contribution in [2.45, 2.75) is 12.5 Å². The van der Waals surface area contributed by atoms with Crippen LogP contribution in [0.25, 0.3) is 0 Å². The molecule has 0 aliphatic carbocycles. The van der Waals surface area contributed by atoms with Crippen LogP contribution in [0.3, 0.4) is 0 Å². The zero-order valence-corrected chi connectivity index (χ0v) is 17.0. The number of hydrogen-bond donors (Lipinski definition) is 2. The van der Waals surface area contributed by atoms with Crippen molar-refractivity contribution in [2.75, 3.05) is 18.1 Å². The Labute approximate surface area is 175 Å². The van der Waals surface area contributed by atoms with Crippen molar-refractivity contribution in [3.05, 3.63) is 58.7 Å². The monoisotopic (exact) mass is 452 g/mol. The highest BCUT2D eigenvalue weighted by molar-refractivity contribution is 7.89. The third kappa shape index (κ3) is 3.89. The second-order valence-corrected chi connectivity index (χ2v) is 8.87. The number of aromatic nitrogens is 1. The summed E-state index contributed by atoms with van der Waals surface area (Å²) in [6.07, 6.45) is 1.10. The molecule has 0 radical (unpaired) electrons. The summed E-state index contributed by atoms with van der Waals surface area (Å²) in [5.41, 5.74) is 1.67. The third-order valence-electron chi connectivity index (χ3n) is 4.63. The van der Waals surface area contributed by atoms with Crippen molar-refractivity contribution >= 4 is 27.6 Å². The fraction of sp³-hybridized carbons (Fsp3) is 0.222. The molecular weight excluding hydrogens is 437 g/mol. The largest absolute Gasteiger partial charge is 0.369 e. The van der Waals surface area contributed by atoms with Gasteiger partial charge >= 0.3 is 0 Å². The zero-order valence-electron chi connectivity index (χ0n) is 16.1. The summed E-state index contributed by atoms with van der Waals surface area (Å²) in [7, 11) is -2.99. The number of aliphatic imine (C=N–C) groups is 1. The highest BCUT2D eigenvalue weighted by Crippen LogP contribution is 2.38. The van der Waals surface area contributed by atoms with Crippen molar-refractivity contribution in [3.8, 4) is 6.07 Å². The molecule has 162 valence electrons. The van der Waals surface area contributed by atoms with Gasteiger partial charge in [0.15, 0.2) is 17.5 Å². The fourth-order valence-corrected chi connectivity index (χ4v) is 4.47. The topological polar surface area (TPSA) is 142 Å². The Kier molecular flexibility index (Phi) is 5.36. The summed E-state index contributed by atoms with van der Waals surface area (Å²) >= 11 is 0. The molecule has 0 fully saturated rings. The minimum Gasteiger partial charge on any atom is -0.369 e. The number of nitrogens with one attached hydrogen (secondary N) is 1. The molecule has 1 aromatic heterocycles. The number of amides is 1. The van der Waals surface area contributed by atoms with Crippen molar-refractivity contribution in [3.63, 3.8) is 0 Å². The number of anilines is 1. The maximum atomic E-state index is 15.2. The molecule has 1 aliphatic rings. The van der Waals surface area contributed by atoms with E-state index < -0.39 is 61.9 Å². The number of carbonyl (C=O) groups excluding carboxylic acids is 1. The average molecular weight is 452 g/mol. The van der Waals surface area contributed by atoms with Gasteiger partial charge in [-0.15, -0.1) is 0 Å². The molecule has 0 saturated carbocycles. The number of halogens is 3. The fourth-order valence-electron chi connectivity index (χ4n) is 3.03. The molecule has 1 amide bonds. The lowest BCUT2D eigenvalue weighted by Gasteiger charge is -2.35. The van der Waals surface area contributed by atoms with Crippen LogP contribution in [0.2, 0.25) is 0 Å². The number of guanidine groups is 1. The Morgan fingerprint density at radius 3 is 2.55 bits per heavy atom. The Morgan fingerprint density at radius 1 is 1.32 bits per heavy atom. The second-order valence-electron chi connectivity index (χ2n) is 6.87. The molecule has 3 N–H and O–H groups in total. The molecule has 1 aliphatic heterocycles. The van der Waals surface area contributed by atoms with Crippen molar-refractivity contribution in [1.82, 2.24) is 9.29 Å². The van der Waals surface area contributed by atoms with E-state index in [2.05, 4.69) is 15.3 Å². The molecule has 0 bridgehead atoms. The van der Waals surface area contributed by atoms with Crippen molar-refractivity contribution in [1.29, 1.82) is 5.26 Å². The lowest BCUT2D eigenvalue weighted by Crippen LogP contribution is -2.50. The molecule has 0 spiro atoms. The predicted molar refractivity (Wildman–Crippen MR) is 104 cm³/mol. The van der Waals surface area contributed by atoms with Gasteiger partial charge in [0.2, 0.25) is 16.0 Å². The van der Waals surface area contributed by atoms with Gasteiger partial charge in [-0.3, -0.25) is 4.79 Å². The first kappa shape index (κ1) is 22.0. The van der Waals surface area contributed by atoms with Crippen LogP contribution in [0.15, 0.2) is 29.4 Å². The van der Waals surface area contributed by atoms with Gasteiger partial charge in [-0.05, 0) is 19.1 Å². The van der Waals surface area contributed by atoms with Crippen LogP contribution in [0.4, 0.5) is 18.9 Å². The summed E-state index contributed by atoms with van der Waals surface area (Å²) in [6, 6.07) is 4.69. The Hall–Kier alpha value is -3.66. The van der Waals surface area contributed by atoms with E-state index in [-0.39, 0.29) is 11.3 Å². The number of pyridine rings is 1. The molecule has 0 unspecified atom stereocenters. The van der Waals surface area contributed by atoms with Gasteiger partial charge < -0.3 is 11.1 Å². The normalized spacial score (nSPS) is 20.0. The summed E-state index contributed by atoms with van der Waals surface area (Å²) in [6.45, 7) is 1.08. The van der Waals surface area contributed by atoms with E-state index in [0.29, 0.717) is 10.4 Å². The zero-order chi connectivity index (χ0) is 23.1. The van der Waals surface area contributed by atoms with Crippen LogP contribution in [-0.2, 0) is 15.6 Å². The van der Waals surface area contributed by atoms with Crippen molar-refractivity contribution in [2.24, 2.45) is 10.7 Å². The van der Waals surface area contributed by atoms with Crippen LogP contribution in [-0.4, -0.2) is 42.4 Å². The first-order chi connectivity index (χ1) is 14.4. The number of sulfonamides is 1. The summed E-state index contributed by atoms with van der Waals surface area (Å²) in [4.78, 5) is 19.9. The van der Waals surface area contributed by atoms with Gasteiger partial charge in [0.05, 0.1) is 22.6 Å². The molecule has 9 nitrogen and oxygen atoms in total. The Morgan fingerprint density at radius 2 is 2.00 bits per heavy atom. The average Bonchev–Trinajstić information content (AvgIpc) is 2.70. The highest BCUT2D eigenvalue weighted by Gasteiger charge is 2.44. The molecule has 3 rings (SSSR count). The number of benzene rings is 1. The first-order valence-electron chi connectivity index (χ1n) is 8.57. The van der Waals surface area contributed by atoms with Crippen LogP contribution in [0.1, 0.15) is 28.5 Å². The van der Waals surface area contributed by atoms with E-state index in [0.717, 1.165) is 20.2 Å². The first-order valence-corrected chi connectivity index (χ1v) is 10.2. The minimum atomic E-state index is -4.10. The number of hydrogen-bond acceptors (Lipinski definition) is 7. The maximum Gasteiger partial charge on any atom is 0.274 e. The number of nitrogens with zero attached hydrogens (tertiary/aromatic N) is 4. The molecule has 2 heterocycles. The lowest BCUT2D eigenvalue weighted by atomic mass is 9.92. The van der Waals surface area contributed by atoms with E-state index in [9.17, 15) is 22.0 Å². The van der Waals surface area contributed by atoms with E-state index in [4.69, 9.17) is 11.0 Å². The quantitative estimate of drug-likeness (QED) is 0.675. The van der Waals surface area contributed by atoms with E-state index >= 15 is 4.39 Å². The van der Waals surface area contributed by atoms with E-state index in [1.165, 1.54) is 12.1 Å². The minimum absolute atomic E-state index is 0.171. The molecule has 13 heteroatoms. The van der Waals surface area contributed by atoms with Gasteiger partial charge in [0, 0.05) is 19.3 Å². The summed E-state index contributed by atoms with van der Waals surface area (Å²) < 4.78 is 69.4. The third-order valence-corrected chi connectivity index (χ3v) is 6.58. The molecule has 1 atom stereocenters. The molecule has 2 aromatic rings. The van der Waals surface area contributed by atoms with Gasteiger partial charge in [0.1, 0.15) is 17.3 Å². The van der Waals surface area contributed by atoms with E-state index in [1.54, 1.807) is 6.07 Å². The van der Waals surface area contributed by atoms with Crippen LogP contribution < -0.4 is 11.1 Å². The molecule has 31 heavy (non-hydrogen) atoms. The van der Waals surface area contributed by atoms with Gasteiger partial charge in [-0.2, -0.15) is 5.26 Å². The van der Waals surface area contributed by atoms with Crippen LogP contribution in [0.5, 0.6) is 0 Å². The van der Waals surface area contributed by atoms with Crippen LogP contribution >= 0.6 is 0 Å².